The number of aliphatic carboxylic acids is 1. The van der Waals surface area contributed by atoms with Crippen LogP contribution >= 0.6 is 11.3 Å². The number of ether oxygens (including phenoxy) is 1. The number of nitrogens with zero attached hydrogens (tertiary/aromatic N) is 3. The molecular formula is C26H26F4N4O5S. The lowest BCUT2D eigenvalue weighted by Gasteiger charge is -2.44. The van der Waals surface area contributed by atoms with Crippen LogP contribution in [0, 0.1) is 18.6 Å². The van der Waals surface area contributed by atoms with Gasteiger partial charge in [-0.3, -0.25) is 14.7 Å². The van der Waals surface area contributed by atoms with Crippen molar-refractivity contribution < 1.29 is 42.1 Å². The highest BCUT2D eigenvalue weighted by atomic mass is 32.1. The number of benzene rings is 1. The summed E-state index contributed by atoms with van der Waals surface area (Å²) in [5.41, 5.74) is -1.65. The Kier molecular flexibility index (Phi) is 7.21. The van der Waals surface area contributed by atoms with Gasteiger partial charge in [-0.1, -0.05) is 6.07 Å². The van der Waals surface area contributed by atoms with E-state index in [1.54, 1.807) is 5.38 Å². The number of hydrogen-bond acceptors (Lipinski definition) is 9. The summed E-state index contributed by atoms with van der Waals surface area (Å²) in [6, 6.07) is -1.35. The number of alkyl halides is 2. The fourth-order valence-corrected chi connectivity index (χ4v) is 6.55. The van der Waals surface area contributed by atoms with E-state index in [0.29, 0.717) is 5.01 Å². The van der Waals surface area contributed by atoms with Crippen molar-refractivity contribution in [2.45, 2.75) is 62.3 Å². The quantitative estimate of drug-likeness (QED) is 0.336. The molecule has 2 aromatic rings. The Morgan fingerprint density at radius 1 is 1.25 bits per heavy atom. The number of piperidine rings is 1. The van der Waals surface area contributed by atoms with Gasteiger partial charge < -0.3 is 20.3 Å². The van der Waals surface area contributed by atoms with Crippen LogP contribution in [0.4, 0.5) is 17.6 Å². The van der Waals surface area contributed by atoms with Crippen LogP contribution in [0.15, 0.2) is 40.0 Å². The molecule has 4 heterocycles. The number of carboxylic acid groups (broad SMARTS) is 1. The zero-order valence-electron chi connectivity index (χ0n) is 21.5. The second-order valence-corrected chi connectivity index (χ2v) is 11.2. The van der Waals surface area contributed by atoms with E-state index >= 15 is 8.78 Å². The summed E-state index contributed by atoms with van der Waals surface area (Å²) in [4.78, 5) is 34.7. The number of fused-ring (bicyclic) bond motifs is 2. The summed E-state index contributed by atoms with van der Waals surface area (Å²) in [5, 5.41) is 25.2. The van der Waals surface area contributed by atoms with Crippen LogP contribution < -0.4 is 5.32 Å². The van der Waals surface area contributed by atoms with E-state index in [1.165, 1.54) is 35.4 Å². The van der Waals surface area contributed by atoms with Crippen molar-refractivity contribution in [1.29, 1.82) is 0 Å². The second-order valence-electron chi connectivity index (χ2n) is 10.3. The summed E-state index contributed by atoms with van der Waals surface area (Å²) < 4.78 is 63.9. The third kappa shape index (κ3) is 4.99. The third-order valence-corrected chi connectivity index (χ3v) is 8.50. The number of carboxylic acids is 1. The number of carbonyl (C=O) groups excluding carboxylic acids is 1. The number of aliphatic hydroxyl groups is 1. The van der Waals surface area contributed by atoms with E-state index in [0.717, 1.165) is 13.2 Å². The number of thiazole rings is 1. The van der Waals surface area contributed by atoms with Crippen molar-refractivity contribution in [3.63, 3.8) is 0 Å². The predicted molar refractivity (Wildman–Crippen MR) is 135 cm³/mol. The highest BCUT2D eigenvalue weighted by Gasteiger charge is 2.61. The molecule has 2 unspecified atom stereocenters. The van der Waals surface area contributed by atoms with E-state index in [2.05, 4.69) is 15.3 Å². The molecule has 3 aliphatic heterocycles. The Balaban J connectivity index is 1.60. The normalized spacial score (nSPS) is 27.8. The van der Waals surface area contributed by atoms with Crippen molar-refractivity contribution in [2.24, 2.45) is 4.99 Å². The van der Waals surface area contributed by atoms with E-state index in [9.17, 15) is 28.6 Å². The average Bonchev–Trinajstić information content (AvgIpc) is 3.46. The van der Waals surface area contributed by atoms with Gasteiger partial charge in [0.05, 0.1) is 30.7 Å². The molecule has 214 valence electrons. The van der Waals surface area contributed by atoms with Crippen LogP contribution in [0.1, 0.15) is 47.9 Å². The van der Waals surface area contributed by atoms with Crippen LogP contribution in [0.3, 0.4) is 0 Å². The number of methoxy groups -OCH3 is 1. The van der Waals surface area contributed by atoms with Gasteiger partial charge in [0.1, 0.15) is 6.04 Å². The molecule has 14 heteroatoms. The molecule has 1 aromatic carbocycles. The monoisotopic (exact) mass is 582 g/mol. The Hall–Kier alpha value is -3.36. The van der Waals surface area contributed by atoms with Crippen LogP contribution in [-0.2, 0) is 14.3 Å². The first kappa shape index (κ1) is 28.2. The Labute approximate surface area is 230 Å². The van der Waals surface area contributed by atoms with Gasteiger partial charge in [-0.15, -0.1) is 11.3 Å². The van der Waals surface area contributed by atoms with Crippen molar-refractivity contribution in [3.05, 3.63) is 62.7 Å². The number of amidine groups is 1. The van der Waals surface area contributed by atoms with Crippen molar-refractivity contribution >= 4 is 29.1 Å². The number of aromatic nitrogens is 1. The predicted octanol–water partition coefficient (Wildman–Crippen LogP) is 3.33. The van der Waals surface area contributed by atoms with Gasteiger partial charge in [-0.05, 0) is 37.0 Å². The summed E-state index contributed by atoms with van der Waals surface area (Å²) in [6.45, 7) is 1.11. The van der Waals surface area contributed by atoms with Gasteiger partial charge in [0.25, 0.3) is 5.92 Å². The second kappa shape index (κ2) is 10.2. The van der Waals surface area contributed by atoms with Crippen molar-refractivity contribution in [2.75, 3.05) is 13.7 Å². The summed E-state index contributed by atoms with van der Waals surface area (Å²) in [6.07, 6.45) is -0.430. The SMILES string of the molecule is COC(=O)C1=C(CN2C3CC(F)(F)C2C[C@@](O)(CC(=O)O)C3)NC(c2nccs2)=N[C@@H]1c1ccc(F)c(F)c1C. The Morgan fingerprint density at radius 3 is 2.62 bits per heavy atom. The first-order valence-corrected chi connectivity index (χ1v) is 13.3. The number of carbonyl (C=O) groups is 2. The minimum Gasteiger partial charge on any atom is -0.481 e. The van der Waals surface area contributed by atoms with E-state index in [-0.39, 0.29) is 41.2 Å². The molecule has 4 atom stereocenters. The molecule has 2 saturated heterocycles. The Bertz CT molecular complexity index is 1420. The molecule has 40 heavy (non-hydrogen) atoms. The maximum atomic E-state index is 15.1. The first-order valence-electron chi connectivity index (χ1n) is 12.4. The lowest BCUT2D eigenvalue weighted by atomic mass is 9.83. The molecule has 2 bridgehead atoms. The van der Waals surface area contributed by atoms with E-state index in [4.69, 9.17) is 4.74 Å². The van der Waals surface area contributed by atoms with Crippen LogP contribution in [0.25, 0.3) is 0 Å². The lowest BCUT2D eigenvalue weighted by Crippen LogP contribution is -2.55. The van der Waals surface area contributed by atoms with Gasteiger partial charge in [0.15, 0.2) is 22.5 Å². The van der Waals surface area contributed by atoms with Crippen molar-refractivity contribution in [1.82, 2.24) is 15.2 Å². The van der Waals surface area contributed by atoms with Gasteiger partial charge in [-0.25, -0.2) is 27.3 Å². The molecule has 5 rings (SSSR count). The van der Waals surface area contributed by atoms with Crippen LogP contribution in [0.2, 0.25) is 0 Å². The molecular weight excluding hydrogens is 556 g/mol. The van der Waals surface area contributed by atoms with Gasteiger partial charge in [0.2, 0.25) is 0 Å². The largest absolute Gasteiger partial charge is 0.481 e. The number of esters is 1. The minimum absolute atomic E-state index is 0.0778. The first-order chi connectivity index (χ1) is 18.8. The molecule has 2 fully saturated rings. The Morgan fingerprint density at radius 2 is 2.00 bits per heavy atom. The highest BCUT2D eigenvalue weighted by Crippen LogP contribution is 2.50. The van der Waals surface area contributed by atoms with Crippen LogP contribution in [0.5, 0.6) is 0 Å². The van der Waals surface area contributed by atoms with Gasteiger partial charge in [-0.2, -0.15) is 0 Å². The average molecular weight is 583 g/mol. The van der Waals surface area contributed by atoms with Crippen molar-refractivity contribution in [3.8, 4) is 0 Å². The lowest BCUT2D eigenvalue weighted by molar-refractivity contribution is -0.148. The number of aliphatic imine (C=N–C) groups is 1. The molecule has 0 radical (unpaired) electrons. The highest BCUT2D eigenvalue weighted by molar-refractivity contribution is 7.11. The topological polar surface area (TPSA) is 124 Å². The molecule has 1 aromatic heterocycles. The third-order valence-electron chi connectivity index (χ3n) is 7.72. The molecule has 0 aliphatic carbocycles. The molecule has 9 nitrogen and oxygen atoms in total. The fraction of sp³-hybridized carbons (Fsp3) is 0.462. The minimum atomic E-state index is -3.23. The molecule has 3 N–H and O–H groups in total. The summed E-state index contributed by atoms with van der Waals surface area (Å²) in [5.74, 6) is -7.36. The number of nitrogens with one attached hydrogen (secondary N) is 1. The summed E-state index contributed by atoms with van der Waals surface area (Å²) >= 11 is 1.22. The maximum Gasteiger partial charge on any atom is 0.338 e. The van der Waals surface area contributed by atoms with Gasteiger partial charge >= 0.3 is 11.9 Å². The van der Waals surface area contributed by atoms with Gasteiger partial charge in [0, 0.05) is 36.3 Å². The van der Waals surface area contributed by atoms with E-state index < -0.39 is 72.5 Å². The number of halogens is 4. The molecule has 3 aliphatic rings. The molecule has 0 spiro atoms. The zero-order chi connectivity index (χ0) is 29.0. The molecule has 0 saturated carbocycles. The number of hydrogen-bond donors (Lipinski definition) is 3. The number of rotatable bonds is 7. The smallest absolute Gasteiger partial charge is 0.338 e. The molecule has 0 amide bonds. The fourth-order valence-electron chi connectivity index (χ4n) is 5.96. The maximum absolute atomic E-state index is 15.1. The van der Waals surface area contributed by atoms with Crippen LogP contribution in [-0.4, -0.2) is 75.1 Å². The zero-order valence-corrected chi connectivity index (χ0v) is 22.3. The van der Waals surface area contributed by atoms with E-state index in [1.807, 2.05) is 0 Å². The standard InChI is InChI=1S/C26H26F4N4O5S/c1-12-14(3-4-15(27)20(12)28)21-19(24(37)39-2)16(32-22(33-21)23-31-5-6-40-23)11-34-13-7-25(38,10-18(35)36)9-17(34)26(29,30)8-13/h3-6,13,17,21,38H,7-11H2,1-2H3,(H,32,33)(H,35,36)/t13?,17?,21-,25-/m1/s1. The summed E-state index contributed by atoms with van der Waals surface area (Å²) in [7, 11) is 1.13.